The third-order valence-corrected chi connectivity index (χ3v) is 1.19. The van der Waals surface area contributed by atoms with Crippen LogP contribution in [-0.4, -0.2) is 5.71 Å². The van der Waals surface area contributed by atoms with E-state index in [9.17, 15) is 5.11 Å². The van der Waals surface area contributed by atoms with Crippen molar-refractivity contribution in [2.45, 2.75) is 13.8 Å². The highest BCUT2D eigenvalue weighted by atomic mass is 35.5. The summed E-state index contributed by atoms with van der Waals surface area (Å²) in [6.45, 7) is 2.81. The Morgan fingerprint density at radius 3 is 1.88 bits per heavy atom. The van der Waals surface area contributed by atoms with Gasteiger partial charge in [0.05, 0.1) is 0 Å². The van der Waals surface area contributed by atoms with Gasteiger partial charge in [0.15, 0.2) is 0 Å². The van der Waals surface area contributed by atoms with Crippen molar-refractivity contribution in [1.82, 2.24) is 0 Å². The summed E-state index contributed by atoms with van der Waals surface area (Å²) in [5, 5.41) is 17.1. The smallest absolute Gasteiger partial charge is 0.0489 e. The molecule has 0 aromatic carbocycles. The van der Waals surface area contributed by atoms with E-state index >= 15 is 0 Å². The Kier molecular flexibility index (Phi) is 2.55. The maximum Gasteiger partial charge on any atom is 0.0489 e. The maximum atomic E-state index is 10.3. The highest BCUT2D eigenvalue weighted by Crippen LogP contribution is 2.04. The second-order valence-corrected chi connectivity index (χ2v) is 1.87. The van der Waals surface area contributed by atoms with Gasteiger partial charge in [-0.25, -0.2) is 0 Å². The summed E-state index contributed by atoms with van der Waals surface area (Å²) in [5.74, 6) is -0.251. The van der Waals surface area contributed by atoms with Crippen LogP contribution in [0.1, 0.15) is 13.8 Å². The van der Waals surface area contributed by atoms with E-state index in [0.29, 0.717) is 0 Å². The molecule has 0 heterocycles. The van der Waals surface area contributed by atoms with Gasteiger partial charge in [0, 0.05) is 10.7 Å². The summed E-state index contributed by atoms with van der Waals surface area (Å²) in [6, 6.07) is 0. The normalized spacial score (nSPS) is 12.9. The molecular formula is C5H7ClNO-. The van der Waals surface area contributed by atoms with E-state index in [0.717, 1.165) is 0 Å². The molecule has 0 aliphatic rings. The zero-order valence-electron chi connectivity index (χ0n) is 4.79. The van der Waals surface area contributed by atoms with Crippen LogP contribution in [0, 0.1) is 5.41 Å². The Labute approximate surface area is 53.3 Å². The second kappa shape index (κ2) is 2.72. The third kappa shape index (κ3) is 1.98. The molecule has 0 atom stereocenters. The molecule has 8 heavy (non-hydrogen) atoms. The van der Waals surface area contributed by atoms with Gasteiger partial charge in [-0.1, -0.05) is 18.5 Å². The number of nitrogens with one attached hydrogen (secondary N) is 1. The van der Waals surface area contributed by atoms with Crippen LogP contribution in [0.25, 0.3) is 0 Å². The molecule has 3 heteroatoms. The molecule has 46 valence electrons. The molecule has 0 fully saturated rings. The predicted octanol–water partition coefficient (Wildman–Crippen LogP) is 0.857. The zero-order chi connectivity index (χ0) is 6.73. The zero-order valence-corrected chi connectivity index (χ0v) is 5.54. The fourth-order valence-electron chi connectivity index (χ4n) is 0.264. The summed E-state index contributed by atoms with van der Waals surface area (Å²) in [6.07, 6.45) is 0. The Bertz CT molecular complexity index is 135. The van der Waals surface area contributed by atoms with Crippen molar-refractivity contribution in [1.29, 1.82) is 5.41 Å². The Balaban J connectivity index is 4.23. The molecule has 0 aliphatic heterocycles. The van der Waals surface area contributed by atoms with Crippen molar-refractivity contribution in [2.24, 2.45) is 0 Å². The number of hydrogen-bond acceptors (Lipinski definition) is 2. The van der Waals surface area contributed by atoms with Gasteiger partial charge in [-0.2, -0.15) is 0 Å². The molecule has 0 unspecified atom stereocenters. The molecule has 2 nitrogen and oxygen atoms in total. The first kappa shape index (κ1) is 7.50. The van der Waals surface area contributed by atoms with E-state index in [1.807, 2.05) is 0 Å². The van der Waals surface area contributed by atoms with E-state index in [1.54, 1.807) is 0 Å². The standard InChI is InChI=1S/C5H8ClNO/c1-3(7)5(6)4(2)8/h7-8H,1-2H3/p-1/b5-4+,7-3?. The van der Waals surface area contributed by atoms with Gasteiger partial charge in [-0.05, 0) is 6.92 Å². The summed E-state index contributed by atoms with van der Waals surface area (Å²) in [4.78, 5) is 0. The lowest BCUT2D eigenvalue weighted by molar-refractivity contribution is -0.302. The number of halogens is 1. The van der Waals surface area contributed by atoms with E-state index in [2.05, 4.69) is 0 Å². The highest BCUT2D eigenvalue weighted by Gasteiger charge is 1.90. The fourth-order valence-corrected chi connectivity index (χ4v) is 0.264. The van der Waals surface area contributed by atoms with E-state index in [-0.39, 0.29) is 16.5 Å². The van der Waals surface area contributed by atoms with Crippen LogP contribution in [0.3, 0.4) is 0 Å². The summed E-state index contributed by atoms with van der Waals surface area (Å²) in [5.41, 5.74) is 0.124. The van der Waals surface area contributed by atoms with Crippen molar-refractivity contribution >= 4 is 17.3 Å². The topological polar surface area (TPSA) is 46.9 Å². The molecule has 0 aliphatic carbocycles. The van der Waals surface area contributed by atoms with Crippen molar-refractivity contribution in [3.8, 4) is 0 Å². The lowest BCUT2D eigenvalue weighted by atomic mass is 10.3. The molecule has 0 rings (SSSR count). The van der Waals surface area contributed by atoms with E-state index < -0.39 is 0 Å². The minimum absolute atomic E-state index is 0.0185. The average Bonchev–Trinajstić information content (AvgIpc) is 1.64. The van der Waals surface area contributed by atoms with Crippen LogP contribution in [0.5, 0.6) is 0 Å². The third-order valence-electron chi connectivity index (χ3n) is 0.638. The van der Waals surface area contributed by atoms with Crippen LogP contribution in [0.2, 0.25) is 0 Å². The van der Waals surface area contributed by atoms with Crippen LogP contribution >= 0.6 is 11.6 Å². The second-order valence-electron chi connectivity index (χ2n) is 1.50. The van der Waals surface area contributed by atoms with Gasteiger partial charge in [0.1, 0.15) is 0 Å². The van der Waals surface area contributed by atoms with Gasteiger partial charge in [-0.3, -0.25) is 0 Å². The summed E-state index contributed by atoms with van der Waals surface area (Å²) >= 11 is 5.29. The molecule has 0 aromatic rings. The predicted molar refractivity (Wildman–Crippen MR) is 32.0 cm³/mol. The minimum atomic E-state index is -0.251. The van der Waals surface area contributed by atoms with Crippen molar-refractivity contribution in [2.75, 3.05) is 0 Å². The molecule has 0 aromatic heterocycles. The largest absolute Gasteiger partial charge is 0.875 e. The van der Waals surface area contributed by atoms with Crippen LogP contribution < -0.4 is 5.11 Å². The van der Waals surface area contributed by atoms with Crippen LogP contribution in [0.4, 0.5) is 0 Å². The molecule has 0 saturated carbocycles. The first-order chi connectivity index (χ1) is 3.55. The Hall–Kier alpha value is -0.500. The average molecular weight is 133 g/mol. The molecule has 0 radical (unpaired) electrons. The molecule has 0 bridgehead atoms. The van der Waals surface area contributed by atoms with Gasteiger partial charge in [0.2, 0.25) is 0 Å². The van der Waals surface area contributed by atoms with Crippen LogP contribution in [0.15, 0.2) is 10.8 Å². The number of rotatable bonds is 1. The summed E-state index contributed by atoms with van der Waals surface area (Å²) in [7, 11) is 0. The quantitative estimate of drug-likeness (QED) is 0.418. The van der Waals surface area contributed by atoms with E-state index in [1.165, 1.54) is 13.8 Å². The minimum Gasteiger partial charge on any atom is -0.875 e. The first-order valence-corrected chi connectivity index (χ1v) is 2.52. The maximum absolute atomic E-state index is 10.3. The molecule has 0 spiro atoms. The van der Waals surface area contributed by atoms with Gasteiger partial charge < -0.3 is 10.5 Å². The first-order valence-electron chi connectivity index (χ1n) is 2.14. The van der Waals surface area contributed by atoms with Gasteiger partial charge in [0.25, 0.3) is 0 Å². The van der Waals surface area contributed by atoms with Crippen LogP contribution in [-0.2, 0) is 0 Å². The Morgan fingerprint density at radius 1 is 1.50 bits per heavy atom. The summed E-state index contributed by atoms with van der Waals surface area (Å²) < 4.78 is 0. The monoisotopic (exact) mass is 132 g/mol. The van der Waals surface area contributed by atoms with Crippen molar-refractivity contribution in [3.05, 3.63) is 10.8 Å². The SMILES string of the molecule is CC(=N)/C(Cl)=C(/C)[O-]. The fraction of sp³-hybridized carbons (Fsp3) is 0.400. The molecular weight excluding hydrogens is 126 g/mol. The number of allylic oxidation sites excluding steroid dienone is 2. The molecule has 0 amide bonds. The Morgan fingerprint density at radius 2 is 1.88 bits per heavy atom. The lowest BCUT2D eigenvalue weighted by Crippen LogP contribution is -2.04. The lowest BCUT2D eigenvalue weighted by Gasteiger charge is -2.05. The van der Waals surface area contributed by atoms with Gasteiger partial charge in [-0.15, -0.1) is 5.76 Å². The molecule has 0 saturated heterocycles. The number of hydrogen-bond donors (Lipinski definition) is 1. The van der Waals surface area contributed by atoms with Crippen molar-refractivity contribution < 1.29 is 5.11 Å². The highest BCUT2D eigenvalue weighted by molar-refractivity contribution is 6.42. The van der Waals surface area contributed by atoms with E-state index in [4.69, 9.17) is 17.0 Å². The van der Waals surface area contributed by atoms with Crippen molar-refractivity contribution in [3.63, 3.8) is 0 Å². The van der Waals surface area contributed by atoms with Gasteiger partial charge >= 0.3 is 0 Å². The molecule has 1 N–H and O–H groups in total.